The minimum Gasteiger partial charge on any atom is -0.374 e. The molecule has 4 nitrogen and oxygen atoms in total. The standard InChI is InChI=1S/C15H25N3O/c1-12(2)18-8-9-19-14(11-18)10-17-13(3)15-6-4-5-7-16-15/h4-7,12-14,17H,8-11H2,1-3H3/t13-,14?/m0/s1. The zero-order valence-corrected chi connectivity index (χ0v) is 12.2. The molecule has 0 spiro atoms. The van der Waals surface area contributed by atoms with Crippen LogP contribution in [0, 0.1) is 0 Å². The van der Waals surface area contributed by atoms with Crippen molar-refractivity contribution in [3.8, 4) is 0 Å². The first-order chi connectivity index (χ1) is 9.16. The molecule has 2 rings (SSSR count). The number of nitrogens with one attached hydrogen (secondary N) is 1. The highest BCUT2D eigenvalue weighted by Gasteiger charge is 2.22. The minimum absolute atomic E-state index is 0.263. The van der Waals surface area contributed by atoms with Crippen LogP contribution in [0.1, 0.15) is 32.5 Å². The number of morpholine rings is 1. The Morgan fingerprint density at radius 3 is 2.95 bits per heavy atom. The Hall–Kier alpha value is -0.970. The molecule has 0 aliphatic carbocycles. The first kappa shape index (κ1) is 14.4. The van der Waals surface area contributed by atoms with E-state index in [1.807, 2.05) is 18.3 Å². The van der Waals surface area contributed by atoms with E-state index < -0.39 is 0 Å². The molecular formula is C15H25N3O. The van der Waals surface area contributed by atoms with Crippen molar-refractivity contribution < 1.29 is 4.74 Å². The van der Waals surface area contributed by atoms with Gasteiger partial charge in [-0.15, -0.1) is 0 Å². The molecule has 1 aliphatic rings. The third-order valence-corrected chi connectivity index (χ3v) is 3.68. The molecule has 2 heterocycles. The second-order valence-electron chi connectivity index (χ2n) is 5.47. The van der Waals surface area contributed by atoms with Crippen LogP contribution in [-0.2, 0) is 4.74 Å². The van der Waals surface area contributed by atoms with Crippen LogP contribution in [0.25, 0.3) is 0 Å². The first-order valence-corrected chi connectivity index (χ1v) is 7.16. The van der Waals surface area contributed by atoms with Gasteiger partial charge in [0.1, 0.15) is 0 Å². The third-order valence-electron chi connectivity index (χ3n) is 3.68. The molecule has 4 heteroatoms. The Balaban J connectivity index is 1.79. The number of aromatic nitrogens is 1. The van der Waals surface area contributed by atoms with Crippen molar-refractivity contribution in [3.05, 3.63) is 30.1 Å². The van der Waals surface area contributed by atoms with Gasteiger partial charge in [0.25, 0.3) is 0 Å². The molecule has 2 atom stereocenters. The summed E-state index contributed by atoms with van der Waals surface area (Å²) in [6, 6.07) is 6.89. The lowest BCUT2D eigenvalue weighted by Gasteiger charge is -2.36. The SMILES string of the molecule is CC(C)N1CCOC(CN[C@@H](C)c2ccccn2)C1. The molecule has 1 aromatic heterocycles. The van der Waals surface area contributed by atoms with Crippen LogP contribution >= 0.6 is 0 Å². The first-order valence-electron chi connectivity index (χ1n) is 7.16. The predicted octanol–water partition coefficient (Wildman–Crippen LogP) is 1.84. The highest BCUT2D eigenvalue weighted by Crippen LogP contribution is 2.11. The van der Waals surface area contributed by atoms with Crippen molar-refractivity contribution in [2.45, 2.75) is 39.0 Å². The molecule has 0 radical (unpaired) electrons. The summed E-state index contributed by atoms with van der Waals surface area (Å²) in [6.45, 7) is 10.4. The van der Waals surface area contributed by atoms with Crippen LogP contribution in [0.5, 0.6) is 0 Å². The van der Waals surface area contributed by atoms with Gasteiger partial charge in [0.05, 0.1) is 18.4 Å². The van der Waals surface area contributed by atoms with E-state index in [4.69, 9.17) is 4.74 Å². The van der Waals surface area contributed by atoms with E-state index in [1.165, 1.54) is 0 Å². The Labute approximate surface area is 116 Å². The maximum Gasteiger partial charge on any atom is 0.0827 e. The van der Waals surface area contributed by atoms with E-state index >= 15 is 0 Å². The van der Waals surface area contributed by atoms with Crippen molar-refractivity contribution in [2.75, 3.05) is 26.2 Å². The molecule has 0 aromatic carbocycles. The minimum atomic E-state index is 0.263. The van der Waals surface area contributed by atoms with Crippen molar-refractivity contribution in [2.24, 2.45) is 0 Å². The van der Waals surface area contributed by atoms with Gasteiger partial charge in [-0.05, 0) is 32.9 Å². The zero-order valence-electron chi connectivity index (χ0n) is 12.2. The fourth-order valence-corrected chi connectivity index (χ4v) is 2.38. The van der Waals surface area contributed by atoms with Crippen LogP contribution in [0.3, 0.4) is 0 Å². The largest absolute Gasteiger partial charge is 0.374 e. The fourth-order valence-electron chi connectivity index (χ4n) is 2.38. The Morgan fingerprint density at radius 1 is 1.42 bits per heavy atom. The van der Waals surface area contributed by atoms with E-state index in [1.54, 1.807) is 0 Å². The summed E-state index contributed by atoms with van der Waals surface area (Å²) < 4.78 is 5.82. The second-order valence-corrected chi connectivity index (χ2v) is 5.47. The van der Waals surface area contributed by atoms with Gasteiger partial charge in [0, 0.05) is 37.9 Å². The maximum absolute atomic E-state index is 5.82. The van der Waals surface area contributed by atoms with Gasteiger partial charge in [-0.25, -0.2) is 0 Å². The van der Waals surface area contributed by atoms with Crippen molar-refractivity contribution >= 4 is 0 Å². The topological polar surface area (TPSA) is 37.4 Å². The highest BCUT2D eigenvalue weighted by atomic mass is 16.5. The lowest BCUT2D eigenvalue weighted by Crippen LogP contribution is -2.49. The summed E-state index contributed by atoms with van der Waals surface area (Å²) in [6.07, 6.45) is 2.12. The van der Waals surface area contributed by atoms with E-state index in [0.717, 1.165) is 31.9 Å². The Morgan fingerprint density at radius 2 is 2.26 bits per heavy atom. The van der Waals surface area contributed by atoms with E-state index in [2.05, 4.69) is 42.0 Å². The lowest BCUT2D eigenvalue weighted by molar-refractivity contribution is -0.0380. The van der Waals surface area contributed by atoms with E-state index in [9.17, 15) is 0 Å². The molecule has 1 aromatic rings. The van der Waals surface area contributed by atoms with Gasteiger partial charge >= 0.3 is 0 Å². The number of rotatable bonds is 5. The molecule has 1 unspecified atom stereocenters. The van der Waals surface area contributed by atoms with Crippen molar-refractivity contribution in [1.29, 1.82) is 0 Å². The summed E-state index contributed by atoms with van der Waals surface area (Å²) in [5, 5.41) is 3.51. The number of nitrogens with zero attached hydrogens (tertiary/aromatic N) is 2. The smallest absolute Gasteiger partial charge is 0.0827 e. The lowest BCUT2D eigenvalue weighted by atomic mass is 10.2. The Bertz CT molecular complexity index is 369. The summed E-state index contributed by atoms with van der Waals surface area (Å²) in [5.74, 6) is 0. The number of hydrogen-bond acceptors (Lipinski definition) is 4. The Kier molecular flexibility index (Phi) is 5.31. The van der Waals surface area contributed by atoms with Gasteiger partial charge in [0.2, 0.25) is 0 Å². The van der Waals surface area contributed by atoms with Gasteiger partial charge < -0.3 is 10.1 Å². The summed E-state index contributed by atoms with van der Waals surface area (Å²) >= 11 is 0. The molecule has 0 saturated carbocycles. The van der Waals surface area contributed by atoms with E-state index in [-0.39, 0.29) is 12.1 Å². The quantitative estimate of drug-likeness (QED) is 0.879. The average molecular weight is 263 g/mol. The average Bonchev–Trinajstić information content (AvgIpc) is 2.46. The number of pyridine rings is 1. The molecule has 0 amide bonds. The summed E-state index contributed by atoms with van der Waals surface area (Å²) in [5.41, 5.74) is 1.08. The summed E-state index contributed by atoms with van der Waals surface area (Å²) in [7, 11) is 0. The monoisotopic (exact) mass is 263 g/mol. The van der Waals surface area contributed by atoms with Gasteiger partial charge in [-0.1, -0.05) is 6.07 Å². The van der Waals surface area contributed by atoms with Crippen LogP contribution in [0.4, 0.5) is 0 Å². The van der Waals surface area contributed by atoms with Gasteiger partial charge in [-0.2, -0.15) is 0 Å². The molecule has 106 valence electrons. The second kappa shape index (κ2) is 6.98. The number of hydrogen-bond donors (Lipinski definition) is 1. The molecule has 1 saturated heterocycles. The molecule has 1 N–H and O–H groups in total. The maximum atomic E-state index is 5.82. The summed E-state index contributed by atoms with van der Waals surface area (Å²) in [4.78, 5) is 6.85. The van der Waals surface area contributed by atoms with E-state index in [0.29, 0.717) is 6.04 Å². The molecule has 0 bridgehead atoms. The fraction of sp³-hybridized carbons (Fsp3) is 0.667. The van der Waals surface area contributed by atoms with Crippen LogP contribution < -0.4 is 5.32 Å². The number of ether oxygens (including phenoxy) is 1. The molecule has 19 heavy (non-hydrogen) atoms. The highest BCUT2D eigenvalue weighted by molar-refractivity contribution is 5.07. The normalized spacial score (nSPS) is 22.6. The van der Waals surface area contributed by atoms with Gasteiger partial charge in [-0.3, -0.25) is 9.88 Å². The van der Waals surface area contributed by atoms with Crippen LogP contribution in [-0.4, -0.2) is 48.3 Å². The van der Waals surface area contributed by atoms with Crippen LogP contribution in [0.15, 0.2) is 24.4 Å². The van der Waals surface area contributed by atoms with Gasteiger partial charge in [0.15, 0.2) is 0 Å². The molecule has 1 fully saturated rings. The molecular weight excluding hydrogens is 238 g/mol. The third kappa shape index (κ3) is 4.27. The predicted molar refractivity (Wildman–Crippen MR) is 77.1 cm³/mol. The molecule has 1 aliphatic heterocycles. The van der Waals surface area contributed by atoms with Crippen LogP contribution in [0.2, 0.25) is 0 Å². The van der Waals surface area contributed by atoms with Crippen molar-refractivity contribution in [3.63, 3.8) is 0 Å². The zero-order chi connectivity index (χ0) is 13.7. The van der Waals surface area contributed by atoms with Crippen molar-refractivity contribution in [1.82, 2.24) is 15.2 Å².